The number of likely N-dealkylation sites (N-methyl/N-ethyl adjacent to an activating group) is 1. The number of hydrogen-bond donors (Lipinski definition) is 2. The van der Waals surface area contributed by atoms with Crippen molar-refractivity contribution in [3.05, 3.63) is 23.8 Å². The van der Waals surface area contributed by atoms with Gasteiger partial charge in [0.1, 0.15) is 0 Å². The van der Waals surface area contributed by atoms with Crippen molar-refractivity contribution in [3.8, 4) is 0 Å². The Labute approximate surface area is 68.2 Å². The van der Waals surface area contributed by atoms with E-state index in [1.54, 1.807) is 0 Å². The topological polar surface area (TPSA) is 38.0 Å². The second-order valence-electron chi connectivity index (χ2n) is 2.97. The van der Waals surface area contributed by atoms with Crippen molar-refractivity contribution in [2.75, 3.05) is 7.05 Å². The van der Waals surface area contributed by atoms with E-state index in [-0.39, 0.29) is 6.04 Å². The predicted octanol–water partition coefficient (Wildman–Crippen LogP) is 0.808. The first-order chi connectivity index (χ1) is 5.24. The summed E-state index contributed by atoms with van der Waals surface area (Å²) in [5, 5.41) is 3.19. The zero-order valence-electron chi connectivity index (χ0n) is 7.17. The zero-order chi connectivity index (χ0) is 8.27. The summed E-state index contributed by atoms with van der Waals surface area (Å²) < 4.78 is 0. The van der Waals surface area contributed by atoms with Crippen LogP contribution in [0, 0.1) is 0 Å². The molecule has 62 valence electrons. The molecule has 0 bridgehead atoms. The van der Waals surface area contributed by atoms with Crippen LogP contribution in [0.15, 0.2) is 23.8 Å². The van der Waals surface area contributed by atoms with E-state index in [9.17, 15) is 0 Å². The van der Waals surface area contributed by atoms with Crippen molar-refractivity contribution in [1.82, 2.24) is 5.32 Å². The van der Waals surface area contributed by atoms with Gasteiger partial charge >= 0.3 is 0 Å². The molecule has 0 aliphatic heterocycles. The highest BCUT2D eigenvalue weighted by Crippen LogP contribution is 2.11. The molecular weight excluding hydrogens is 136 g/mol. The van der Waals surface area contributed by atoms with Gasteiger partial charge in [0.05, 0.1) is 0 Å². The lowest BCUT2D eigenvalue weighted by Gasteiger charge is -2.16. The van der Waals surface area contributed by atoms with E-state index in [0.29, 0.717) is 6.04 Å². The lowest BCUT2D eigenvalue weighted by atomic mass is 9.99. The molecule has 0 spiro atoms. The average molecular weight is 152 g/mol. The van der Waals surface area contributed by atoms with Gasteiger partial charge in [0.15, 0.2) is 0 Å². The van der Waals surface area contributed by atoms with E-state index in [1.807, 2.05) is 7.05 Å². The van der Waals surface area contributed by atoms with E-state index in [1.165, 1.54) is 5.57 Å². The fourth-order valence-corrected chi connectivity index (χ4v) is 1.14. The van der Waals surface area contributed by atoms with Gasteiger partial charge in [-0.3, -0.25) is 0 Å². The molecule has 0 aromatic rings. The third-order valence-corrected chi connectivity index (χ3v) is 2.09. The number of hydrogen-bond acceptors (Lipinski definition) is 2. The van der Waals surface area contributed by atoms with Crippen LogP contribution in [0.5, 0.6) is 0 Å². The van der Waals surface area contributed by atoms with Gasteiger partial charge in [-0.1, -0.05) is 18.2 Å². The summed E-state index contributed by atoms with van der Waals surface area (Å²) in [7, 11) is 1.97. The second-order valence-corrected chi connectivity index (χ2v) is 2.97. The monoisotopic (exact) mass is 152 g/mol. The summed E-state index contributed by atoms with van der Waals surface area (Å²) in [5.74, 6) is 0. The molecule has 2 unspecified atom stereocenters. The Morgan fingerprint density at radius 1 is 1.73 bits per heavy atom. The fraction of sp³-hybridized carbons (Fsp3) is 0.556. The molecule has 3 N–H and O–H groups in total. The predicted molar refractivity (Wildman–Crippen MR) is 48.3 cm³/mol. The standard InChI is InChI=1S/C9H16N2/c1-7(11-2)8-3-5-9(10)6-4-8/h3-5,7,9,11H,6,10H2,1-2H3. The highest BCUT2D eigenvalue weighted by Gasteiger charge is 2.07. The van der Waals surface area contributed by atoms with Crippen LogP contribution in [0.1, 0.15) is 13.3 Å². The Hall–Kier alpha value is -0.600. The SMILES string of the molecule is CNC(C)C1=CCC(N)C=C1. The number of nitrogens with two attached hydrogens (primary N) is 1. The van der Waals surface area contributed by atoms with Crippen LogP contribution in [0.3, 0.4) is 0 Å². The minimum Gasteiger partial charge on any atom is -0.324 e. The molecule has 0 radical (unpaired) electrons. The summed E-state index contributed by atoms with van der Waals surface area (Å²) in [6.07, 6.45) is 7.34. The van der Waals surface area contributed by atoms with Crippen LogP contribution in [-0.2, 0) is 0 Å². The molecule has 1 aliphatic rings. The maximum absolute atomic E-state index is 5.69. The van der Waals surface area contributed by atoms with Crippen molar-refractivity contribution in [1.29, 1.82) is 0 Å². The van der Waals surface area contributed by atoms with E-state index in [4.69, 9.17) is 5.73 Å². The highest BCUT2D eigenvalue weighted by atomic mass is 14.9. The molecule has 0 saturated heterocycles. The molecule has 11 heavy (non-hydrogen) atoms. The van der Waals surface area contributed by atoms with Crippen molar-refractivity contribution < 1.29 is 0 Å². The van der Waals surface area contributed by atoms with Gasteiger partial charge in [-0.2, -0.15) is 0 Å². The minimum absolute atomic E-state index is 0.225. The quantitative estimate of drug-likeness (QED) is 0.614. The van der Waals surface area contributed by atoms with Gasteiger partial charge in [-0.05, 0) is 26.0 Å². The van der Waals surface area contributed by atoms with Gasteiger partial charge in [0, 0.05) is 12.1 Å². The van der Waals surface area contributed by atoms with Crippen molar-refractivity contribution in [2.24, 2.45) is 5.73 Å². The second kappa shape index (κ2) is 3.69. The number of rotatable bonds is 2. The Kier molecular flexibility index (Phi) is 2.85. The average Bonchev–Trinajstić information content (AvgIpc) is 2.05. The summed E-state index contributed by atoms with van der Waals surface area (Å²) in [5.41, 5.74) is 7.03. The van der Waals surface area contributed by atoms with Crippen molar-refractivity contribution >= 4 is 0 Å². The Morgan fingerprint density at radius 3 is 2.91 bits per heavy atom. The molecule has 2 atom stereocenters. The van der Waals surface area contributed by atoms with Crippen molar-refractivity contribution in [2.45, 2.75) is 25.4 Å². The lowest BCUT2D eigenvalue weighted by Crippen LogP contribution is -2.26. The minimum atomic E-state index is 0.225. The van der Waals surface area contributed by atoms with Crippen LogP contribution in [0.4, 0.5) is 0 Å². The van der Waals surface area contributed by atoms with E-state index in [2.05, 4.69) is 30.5 Å². The van der Waals surface area contributed by atoms with Gasteiger partial charge in [0.2, 0.25) is 0 Å². The normalized spacial score (nSPS) is 26.5. The summed E-state index contributed by atoms with van der Waals surface area (Å²) in [6, 6.07) is 0.668. The summed E-state index contributed by atoms with van der Waals surface area (Å²) in [4.78, 5) is 0. The van der Waals surface area contributed by atoms with E-state index >= 15 is 0 Å². The number of nitrogens with one attached hydrogen (secondary N) is 1. The van der Waals surface area contributed by atoms with Gasteiger partial charge < -0.3 is 11.1 Å². The molecule has 0 amide bonds. The molecular formula is C9H16N2. The first-order valence-corrected chi connectivity index (χ1v) is 4.05. The maximum atomic E-state index is 5.69. The van der Waals surface area contributed by atoms with Gasteiger partial charge in [-0.15, -0.1) is 0 Å². The smallest absolute Gasteiger partial charge is 0.0285 e. The largest absolute Gasteiger partial charge is 0.324 e. The molecule has 0 fully saturated rings. The molecule has 0 aromatic heterocycles. The molecule has 2 nitrogen and oxygen atoms in total. The summed E-state index contributed by atoms with van der Waals surface area (Å²) in [6.45, 7) is 2.15. The first kappa shape index (κ1) is 8.50. The summed E-state index contributed by atoms with van der Waals surface area (Å²) >= 11 is 0. The van der Waals surface area contributed by atoms with Crippen LogP contribution in [-0.4, -0.2) is 19.1 Å². The van der Waals surface area contributed by atoms with Crippen LogP contribution < -0.4 is 11.1 Å². The highest BCUT2D eigenvalue weighted by molar-refractivity contribution is 5.28. The van der Waals surface area contributed by atoms with Crippen LogP contribution >= 0.6 is 0 Å². The Bertz CT molecular complexity index is 182. The zero-order valence-corrected chi connectivity index (χ0v) is 7.17. The molecule has 1 aliphatic carbocycles. The van der Waals surface area contributed by atoms with Crippen molar-refractivity contribution in [3.63, 3.8) is 0 Å². The lowest BCUT2D eigenvalue weighted by molar-refractivity contribution is 0.689. The fourth-order valence-electron chi connectivity index (χ4n) is 1.14. The van der Waals surface area contributed by atoms with Gasteiger partial charge in [0.25, 0.3) is 0 Å². The molecule has 0 aromatic carbocycles. The van der Waals surface area contributed by atoms with E-state index in [0.717, 1.165) is 6.42 Å². The maximum Gasteiger partial charge on any atom is 0.0285 e. The molecule has 2 heteroatoms. The Balaban J connectivity index is 2.55. The van der Waals surface area contributed by atoms with Crippen LogP contribution in [0.25, 0.3) is 0 Å². The van der Waals surface area contributed by atoms with Crippen LogP contribution in [0.2, 0.25) is 0 Å². The first-order valence-electron chi connectivity index (χ1n) is 4.05. The third-order valence-electron chi connectivity index (χ3n) is 2.09. The molecule has 0 saturated carbocycles. The van der Waals surface area contributed by atoms with E-state index < -0.39 is 0 Å². The molecule has 1 rings (SSSR count). The third kappa shape index (κ3) is 2.17. The van der Waals surface area contributed by atoms with Gasteiger partial charge in [-0.25, -0.2) is 0 Å². The Morgan fingerprint density at radius 2 is 2.45 bits per heavy atom. The molecule has 0 heterocycles.